The van der Waals surface area contributed by atoms with Crippen molar-refractivity contribution < 1.29 is 4.39 Å². The third kappa shape index (κ3) is 2.67. The molecule has 2 aromatic rings. The third-order valence-corrected chi connectivity index (χ3v) is 5.13. The molecule has 94 valence electrons. The highest BCUT2D eigenvalue weighted by atomic mass is 28.3. The smallest absolute Gasteiger partial charge is 0.123 e. The van der Waals surface area contributed by atoms with E-state index in [2.05, 4.69) is 36.8 Å². The van der Waals surface area contributed by atoms with E-state index in [1.54, 1.807) is 12.1 Å². The number of pyridine rings is 1. The molecule has 0 amide bonds. The summed E-state index contributed by atoms with van der Waals surface area (Å²) >= 11 is 0. The molecule has 0 radical (unpaired) electrons. The van der Waals surface area contributed by atoms with Crippen molar-refractivity contribution >= 4 is 13.3 Å². The molecule has 0 saturated carbocycles. The molecule has 3 heteroatoms. The third-order valence-electron chi connectivity index (χ3n) is 3.09. The predicted octanol–water partition coefficient (Wildman–Crippen LogP) is 3.74. The highest BCUT2D eigenvalue weighted by Gasteiger charge is 2.17. The van der Waals surface area contributed by atoms with Crippen molar-refractivity contribution in [1.29, 1.82) is 0 Å². The summed E-state index contributed by atoms with van der Waals surface area (Å²) in [6.45, 7) is 8.85. The van der Waals surface area contributed by atoms with Gasteiger partial charge in [-0.25, -0.2) is 4.39 Å². The summed E-state index contributed by atoms with van der Waals surface area (Å²) in [7, 11) is -1.34. The molecular weight excluding hydrogens is 241 g/mol. The minimum Gasteiger partial charge on any atom is -0.256 e. The van der Waals surface area contributed by atoms with Gasteiger partial charge in [-0.1, -0.05) is 24.8 Å². The summed E-state index contributed by atoms with van der Waals surface area (Å²) in [4.78, 5) is 4.41. The summed E-state index contributed by atoms with van der Waals surface area (Å²) in [5, 5.41) is 1.37. The Hall–Kier alpha value is -1.48. The van der Waals surface area contributed by atoms with Crippen LogP contribution in [0.3, 0.4) is 0 Å². The van der Waals surface area contributed by atoms with Crippen LogP contribution < -0.4 is 5.19 Å². The SMILES string of the molecule is Cc1cc(F)ccc1-c1cc([Si](C)(C)C)ccn1. The number of nitrogens with zero attached hydrogens (tertiary/aromatic N) is 1. The van der Waals surface area contributed by atoms with Crippen LogP contribution in [-0.2, 0) is 0 Å². The average Bonchev–Trinajstić information content (AvgIpc) is 2.28. The molecule has 1 aromatic carbocycles. The van der Waals surface area contributed by atoms with Gasteiger partial charge in [0.25, 0.3) is 0 Å². The van der Waals surface area contributed by atoms with Crippen molar-refractivity contribution in [3.63, 3.8) is 0 Å². The summed E-state index contributed by atoms with van der Waals surface area (Å²) < 4.78 is 13.1. The molecule has 1 heterocycles. The fourth-order valence-electron chi connectivity index (χ4n) is 1.96. The molecular formula is C15H18FNSi. The summed E-state index contributed by atoms with van der Waals surface area (Å²) in [6.07, 6.45) is 1.85. The van der Waals surface area contributed by atoms with E-state index < -0.39 is 8.07 Å². The van der Waals surface area contributed by atoms with E-state index >= 15 is 0 Å². The molecule has 0 aliphatic rings. The minimum absolute atomic E-state index is 0.197. The molecule has 0 spiro atoms. The first kappa shape index (κ1) is 13.0. The first-order valence-corrected chi connectivity index (χ1v) is 9.61. The maximum absolute atomic E-state index is 13.1. The van der Waals surface area contributed by atoms with Crippen LogP contribution in [0.25, 0.3) is 11.3 Å². The first-order valence-electron chi connectivity index (χ1n) is 6.11. The second-order valence-corrected chi connectivity index (χ2v) is 10.7. The number of hydrogen-bond donors (Lipinski definition) is 0. The molecule has 0 saturated heterocycles. The molecule has 1 nitrogen and oxygen atoms in total. The quantitative estimate of drug-likeness (QED) is 0.749. The Morgan fingerprint density at radius 1 is 1.06 bits per heavy atom. The van der Waals surface area contributed by atoms with Crippen molar-refractivity contribution in [1.82, 2.24) is 4.98 Å². The molecule has 0 N–H and O–H groups in total. The van der Waals surface area contributed by atoms with Crippen LogP contribution in [0.4, 0.5) is 4.39 Å². The zero-order valence-corrected chi connectivity index (χ0v) is 12.3. The van der Waals surface area contributed by atoms with Gasteiger partial charge in [0.2, 0.25) is 0 Å². The van der Waals surface area contributed by atoms with Gasteiger partial charge in [0.1, 0.15) is 5.82 Å². The van der Waals surface area contributed by atoms with E-state index in [-0.39, 0.29) is 5.82 Å². The Balaban J connectivity index is 2.51. The fourth-order valence-corrected chi connectivity index (χ4v) is 3.10. The minimum atomic E-state index is -1.34. The topological polar surface area (TPSA) is 12.9 Å². The Labute approximate surface area is 109 Å². The summed E-state index contributed by atoms with van der Waals surface area (Å²) in [5.74, 6) is -0.197. The zero-order valence-electron chi connectivity index (χ0n) is 11.3. The number of aromatic nitrogens is 1. The molecule has 0 fully saturated rings. The van der Waals surface area contributed by atoms with Gasteiger partial charge in [0.05, 0.1) is 13.8 Å². The van der Waals surface area contributed by atoms with E-state index in [0.717, 1.165) is 16.8 Å². The van der Waals surface area contributed by atoms with Gasteiger partial charge in [0.15, 0.2) is 0 Å². The largest absolute Gasteiger partial charge is 0.256 e. The van der Waals surface area contributed by atoms with Crippen molar-refractivity contribution in [2.45, 2.75) is 26.6 Å². The van der Waals surface area contributed by atoms with Crippen molar-refractivity contribution in [2.24, 2.45) is 0 Å². The molecule has 0 aliphatic heterocycles. The second-order valence-electron chi connectivity index (χ2n) is 5.64. The lowest BCUT2D eigenvalue weighted by atomic mass is 10.1. The van der Waals surface area contributed by atoms with Crippen molar-refractivity contribution in [3.8, 4) is 11.3 Å². The zero-order chi connectivity index (χ0) is 13.3. The Kier molecular flexibility index (Phi) is 3.35. The predicted molar refractivity (Wildman–Crippen MR) is 77.3 cm³/mol. The second kappa shape index (κ2) is 4.65. The van der Waals surface area contributed by atoms with E-state index in [1.165, 1.54) is 11.3 Å². The Bertz CT molecular complexity index is 573. The van der Waals surface area contributed by atoms with Crippen LogP contribution in [0.5, 0.6) is 0 Å². The number of benzene rings is 1. The Morgan fingerprint density at radius 2 is 1.78 bits per heavy atom. The van der Waals surface area contributed by atoms with Gasteiger partial charge in [-0.3, -0.25) is 4.98 Å². The molecule has 0 aliphatic carbocycles. The van der Waals surface area contributed by atoms with E-state index in [0.29, 0.717) is 0 Å². The number of hydrogen-bond acceptors (Lipinski definition) is 1. The van der Waals surface area contributed by atoms with Crippen molar-refractivity contribution in [2.75, 3.05) is 0 Å². The summed E-state index contributed by atoms with van der Waals surface area (Å²) in [6, 6.07) is 9.09. The van der Waals surface area contributed by atoms with Gasteiger partial charge in [-0.2, -0.15) is 0 Å². The maximum atomic E-state index is 13.1. The first-order chi connectivity index (χ1) is 8.38. The number of aryl methyl sites for hydroxylation is 1. The Morgan fingerprint density at radius 3 is 2.39 bits per heavy atom. The van der Waals surface area contributed by atoms with Crippen LogP contribution in [0.15, 0.2) is 36.5 Å². The fraction of sp³-hybridized carbons (Fsp3) is 0.267. The number of rotatable bonds is 2. The maximum Gasteiger partial charge on any atom is 0.123 e. The van der Waals surface area contributed by atoms with Gasteiger partial charge in [-0.15, -0.1) is 0 Å². The molecule has 0 bridgehead atoms. The monoisotopic (exact) mass is 259 g/mol. The average molecular weight is 259 g/mol. The van der Waals surface area contributed by atoms with Crippen LogP contribution in [0.2, 0.25) is 19.6 Å². The van der Waals surface area contributed by atoms with E-state index in [4.69, 9.17) is 0 Å². The van der Waals surface area contributed by atoms with Gasteiger partial charge < -0.3 is 0 Å². The van der Waals surface area contributed by atoms with Gasteiger partial charge >= 0.3 is 0 Å². The van der Waals surface area contributed by atoms with Gasteiger partial charge in [-0.05, 0) is 42.8 Å². The van der Waals surface area contributed by atoms with E-state index in [1.807, 2.05) is 13.1 Å². The normalized spacial score (nSPS) is 11.6. The number of halogens is 1. The van der Waals surface area contributed by atoms with Crippen LogP contribution in [-0.4, -0.2) is 13.1 Å². The lowest BCUT2D eigenvalue weighted by Crippen LogP contribution is -2.37. The molecule has 2 rings (SSSR count). The standard InChI is InChI=1S/C15H18FNSi/c1-11-9-12(16)5-6-14(11)15-10-13(7-8-17-15)18(2,3)4/h5-10H,1-4H3. The highest BCUT2D eigenvalue weighted by molar-refractivity contribution is 6.88. The lowest BCUT2D eigenvalue weighted by molar-refractivity contribution is 0.627. The summed E-state index contributed by atoms with van der Waals surface area (Å²) in [5.41, 5.74) is 2.87. The van der Waals surface area contributed by atoms with E-state index in [9.17, 15) is 4.39 Å². The lowest BCUT2D eigenvalue weighted by Gasteiger charge is -2.17. The molecule has 1 aromatic heterocycles. The van der Waals surface area contributed by atoms with Crippen molar-refractivity contribution in [3.05, 3.63) is 47.9 Å². The van der Waals surface area contributed by atoms with Crippen LogP contribution in [0.1, 0.15) is 5.56 Å². The van der Waals surface area contributed by atoms with Gasteiger partial charge in [0, 0.05) is 11.8 Å². The molecule has 0 atom stereocenters. The molecule has 18 heavy (non-hydrogen) atoms. The van der Waals surface area contributed by atoms with Crippen LogP contribution >= 0.6 is 0 Å². The van der Waals surface area contributed by atoms with Crippen LogP contribution in [0, 0.1) is 12.7 Å². The highest BCUT2D eigenvalue weighted by Crippen LogP contribution is 2.21. The molecule has 0 unspecified atom stereocenters.